The molecule has 1 saturated heterocycles. The fourth-order valence-corrected chi connectivity index (χ4v) is 4.55. The van der Waals surface area contributed by atoms with Gasteiger partial charge >= 0.3 is 6.09 Å². The number of fused-ring (bicyclic) bond motifs is 3. The van der Waals surface area contributed by atoms with Crippen molar-refractivity contribution >= 4 is 29.5 Å². The Balaban J connectivity index is 1.77. The topological polar surface area (TPSA) is 89.5 Å². The summed E-state index contributed by atoms with van der Waals surface area (Å²) in [5.41, 5.74) is 1.35. The van der Waals surface area contributed by atoms with E-state index in [2.05, 4.69) is 40.7 Å². The number of methoxy groups -OCH3 is 1. The van der Waals surface area contributed by atoms with Crippen molar-refractivity contribution in [2.24, 2.45) is 0 Å². The third-order valence-corrected chi connectivity index (χ3v) is 6.47. The van der Waals surface area contributed by atoms with Gasteiger partial charge in [0.15, 0.2) is 5.16 Å². The number of hydrogen-bond acceptors (Lipinski definition) is 8. The van der Waals surface area contributed by atoms with Crippen LogP contribution in [0, 0.1) is 0 Å². The number of hydrogen-bond donors (Lipinski definition) is 1. The van der Waals surface area contributed by atoms with Crippen LogP contribution in [0.15, 0.2) is 29.6 Å². The van der Waals surface area contributed by atoms with Gasteiger partial charge in [0.2, 0.25) is 0 Å². The predicted octanol–water partition coefficient (Wildman–Crippen LogP) is 3.43. The van der Waals surface area contributed by atoms with Gasteiger partial charge in [0, 0.05) is 17.2 Å². The van der Waals surface area contributed by atoms with Crippen molar-refractivity contribution in [3.63, 3.8) is 0 Å². The summed E-state index contributed by atoms with van der Waals surface area (Å²) in [6, 6.07) is 5.96. The van der Waals surface area contributed by atoms with E-state index in [9.17, 15) is 4.79 Å². The highest BCUT2D eigenvalue weighted by atomic mass is 32.2. The molecule has 160 valence electrons. The molecule has 2 aliphatic rings. The minimum Gasteiger partial charge on any atom is -0.453 e. The van der Waals surface area contributed by atoms with E-state index in [1.807, 2.05) is 30.7 Å². The summed E-state index contributed by atoms with van der Waals surface area (Å²) in [4.78, 5) is 27.9. The highest BCUT2D eigenvalue weighted by Crippen LogP contribution is 2.52. The molecule has 2 atom stereocenters. The normalized spacial score (nSPS) is 24.2. The first-order valence-corrected chi connectivity index (χ1v) is 11.1. The van der Waals surface area contributed by atoms with Crippen molar-refractivity contribution in [1.29, 1.82) is 0 Å². The molecule has 1 fully saturated rings. The number of aromatic nitrogens is 3. The van der Waals surface area contributed by atoms with Crippen LogP contribution in [0.4, 0.5) is 16.4 Å². The van der Waals surface area contributed by atoms with Gasteiger partial charge in [0.05, 0.1) is 37.6 Å². The average molecular weight is 430 g/mol. The molecule has 0 aliphatic carbocycles. The molecule has 0 spiro atoms. The van der Waals surface area contributed by atoms with Crippen molar-refractivity contribution < 1.29 is 14.3 Å². The van der Waals surface area contributed by atoms with Crippen LogP contribution in [-0.2, 0) is 21.4 Å². The van der Waals surface area contributed by atoms with Crippen molar-refractivity contribution in [2.45, 2.75) is 56.0 Å². The van der Waals surface area contributed by atoms with E-state index >= 15 is 0 Å². The van der Waals surface area contributed by atoms with Crippen LogP contribution >= 0.6 is 11.8 Å². The van der Waals surface area contributed by atoms with Gasteiger partial charge in [-0.1, -0.05) is 24.8 Å². The Morgan fingerprint density at radius 2 is 2.17 bits per heavy atom. The molecule has 4 rings (SSSR count). The zero-order valence-corrected chi connectivity index (χ0v) is 18.7. The molecule has 4 heterocycles. The van der Waals surface area contributed by atoms with E-state index < -0.39 is 6.09 Å². The van der Waals surface area contributed by atoms with Gasteiger partial charge in [0.1, 0.15) is 11.6 Å². The molecule has 1 amide bonds. The van der Waals surface area contributed by atoms with Gasteiger partial charge in [-0.05, 0) is 38.7 Å². The Hall–Kier alpha value is -2.39. The smallest absolute Gasteiger partial charge is 0.407 e. The Kier molecular flexibility index (Phi) is 5.36. The summed E-state index contributed by atoms with van der Waals surface area (Å²) in [6.07, 6.45) is 4.26. The van der Waals surface area contributed by atoms with Crippen LogP contribution in [0.1, 0.15) is 38.4 Å². The SMILES string of the molecule is COC(=O)NCc1cccc(N2c3nc(SC)ncc3[C@@]3(C)COC(C)(C)C[C@@H]23)n1. The molecule has 8 nitrogen and oxygen atoms in total. The lowest BCUT2D eigenvalue weighted by Crippen LogP contribution is -2.54. The summed E-state index contributed by atoms with van der Waals surface area (Å²) in [5.74, 6) is 1.69. The fourth-order valence-electron chi connectivity index (χ4n) is 4.22. The van der Waals surface area contributed by atoms with Gasteiger partial charge in [-0.15, -0.1) is 0 Å². The molecular weight excluding hydrogens is 402 g/mol. The summed E-state index contributed by atoms with van der Waals surface area (Å²) >= 11 is 1.52. The number of thioether (sulfide) groups is 1. The number of pyridine rings is 1. The van der Waals surface area contributed by atoms with Gasteiger partial charge < -0.3 is 19.7 Å². The van der Waals surface area contributed by atoms with Gasteiger partial charge in [0.25, 0.3) is 0 Å². The monoisotopic (exact) mass is 429 g/mol. The lowest BCUT2D eigenvalue weighted by atomic mass is 9.73. The Bertz CT molecular complexity index is 969. The maximum atomic E-state index is 11.5. The highest BCUT2D eigenvalue weighted by molar-refractivity contribution is 7.98. The zero-order chi connectivity index (χ0) is 21.5. The zero-order valence-electron chi connectivity index (χ0n) is 17.9. The minimum atomic E-state index is -0.482. The first-order chi connectivity index (χ1) is 14.3. The number of amides is 1. The number of nitrogens with one attached hydrogen (secondary N) is 1. The second-order valence-corrected chi connectivity index (χ2v) is 9.26. The van der Waals surface area contributed by atoms with Crippen molar-refractivity contribution in [1.82, 2.24) is 20.3 Å². The van der Waals surface area contributed by atoms with E-state index in [1.54, 1.807) is 0 Å². The Morgan fingerprint density at radius 3 is 2.90 bits per heavy atom. The number of anilines is 2. The first-order valence-electron chi connectivity index (χ1n) is 9.90. The predicted molar refractivity (Wildman–Crippen MR) is 115 cm³/mol. The molecule has 0 bridgehead atoms. The maximum absolute atomic E-state index is 11.5. The van der Waals surface area contributed by atoms with E-state index in [4.69, 9.17) is 14.7 Å². The molecule has 0 aromatic carbocycles. The number of carbonyl (C=O) groups is 1. The van der Waals surface area contributed by atoms with Gasteiger partial charge in [-0.3, -0.25) is 0 Å². The molecular formula is C21H27N5O3S. The molecule has 0 saturated carbocycles. The van der Waals surface area contributed by atoms with Crippen molar-refractivity contribution in [2.75, 3.05) is 24.9 Å². The van der Waals surface area contributed by atoms with E-state index in [-0.39, 0.29) is 23.6 Å². The number of rotatable bonds is 4. The van der Waals surface area contributed by atoms with Crippen molar-refractivity contribution in [3.05, 3.63) is 35.7 Å². The van der Waals surface area contributed by atoms with Crippen LogP contribution in [0.3, 0.4) is 0 Å². The lowest BCUT2D eigenvalue weighted by Gasteiger charge is -2.46. The molecule has 2 aliphatic heterocycles. The largest absolute Gasteiger partial charge is 0.453 e. The van der Waals surface area contributed by atoms with Gasteiger partial charge in [-0.25, -0.2) is 19.7 Å². The summed E-state index contributed by atoms with van der Waals surface area (Å²) in [7, 11) is 1.34. The van der Waals surface area contributed by atoms with Crippen LogP contribution in [0.2, 0.25) is 0 Å². The molecule has 30 heavy (non-hydrogen) atoms. The van der Waals surface area contributed by atoms with Crippen LogP contribution in [0.5, 0.6) is 0 Å². The summed E-state index contributed by atoms with van der Waals surface area (Å²) in [6.45, 7) is 7.35. The molecule has 0 radical (unpaired) electrons. The third kappa shape index (κ3) is 3.60. The lowest BCUT2D eigenvalue weighted by molar-refractivity contribution is -0.0893. The van der Waals surface area contributed by atoms with E-state index in [1.165, 1.54) is 18.9 Å². The number of carbonyl (C=O) groups excluding carboxylic acids is 1. The number of nitrogens with zero attached hydrogens (tertiary/aromatic N) is 4. The first kappa shape index (κ1) is 20.9. The van der Waals surface area contributed by atoms with Crippen molar-refractivity contribution in [3.8, 4) is 0 Å². The molecule has 9 heteroatoms. The second-order valence-electron chi connectivity index (χ2n) is 8.48. The van der Waals surface area contributed by atoms with Crippen LogP contribution < -0.4 is 10.2 Å². The molecule has 0 unspecified atom stereocenters. The standard InChI is InChI=1S/C21H27N5O3S/c1-20(2)9-15-21(3,12-29-20)14-11-22-18(30-5)25-17(14)26(15)16-8-6-7-13(24-16)10-23-19(27)28-4/h6-8,11,15H,9-10,12H2,1-5H3,(H,23,27)/t15-,21-/m1/s1. The Labute approximate surface area is 180 Å². The Morgan fingerprint density at radius 1 is 1.37 bits per heavy atom. The van der Waals surface area contributed by atoms with Crippen LogP contribution in [0.25, 0.3) is 0 Å². The van der Waals surface area contributed by atoms with E-state index in [0.29, 0.717) is 6.61 Å². The maximum Gasteiger partial charge on any atom is 0.407 e. The summed E-state index contributed by atoms with van der Waals surface area (Å²) < 4.78 is 10.9. The minimum absolute atomic E-state index is 0.138. The average Bonchev–Trinajstić information content (AvgIpc) is 2.99. The van der Waals surface area contributed by atoms with Gasteiger partial charge in [-0.2, -0.15) is 0 Å². The highest BCUT2D eigenvalue weighted by Gasteiger charge is 2.55. The molecule has 2 aromatic heterocycles. The molecule has 2 aromatic rings. The second kappa shape index (κ2) is 7.70. The van der Waals surface area contributed by atoms with Crippen LogP contribution in [-0.4, -0.2) is 52.7 Å². The number of ether oxygens (including phenoxy) is 2. The van der Waals surface area contributed by atoms with E-state index in [0.717, 1.165) is 34.5 Å². The number of alkyl carbamates (subject to hydrolysis) is 1. The third-order valence-electron chi connectivity index (χ3n) is 5.91. The molecule has 1 N–H and O–H groups in total. The fraction of sp³-hybridized carbons (Fsp3) is 0.524. The summed E-state index contributed by atoms with van der Waals surface area (Å²) in [5, 5.41) is 3.42. The quantitative estimate of drug-likeness (QED) is 0.584.